The summed E-state index contributed by atoms with van der Waals surface area (Å²) in [6.07, 6.45) is 6.70. The normalized spacial score (nSPS) is 20.6. The number of nitrogens with one attached hydrogen (secondary N) is 1. The molecule has 5 heteroatoms. The van der Waals surface area contributed by atoms with Crippen LogP contribution in [0.1, 0.15) is 12.1 Å². The molecule has 0 bridgehead atoms. The Morgan fingerprint density at radius 1 is 1.50 bits per heavy atom. The lowest BCUT2D eigenvalue weighted by atomic mass is 10.2. The van der Waals surface area contributed by atoms with E-state index in [0.717, 1.165) is 37.7 Å². The Labute approximate surface area is 93.5 Å². The predicted octanol–water partition coefficient (Wildman–Crippen LogP) is 0.608. The third-order valence-electron chi connectivity index (χ3n) is 2.87. The summed E-state index contributed by atoms with van der Waals surface area (Å²) in [5.41, 5.74) is 1.13. The van der Waals surface area contributed by atoms with Crippen molar-refractivity contribution < 1.29 is 4.74 Å². The van der Waals surface area contributed by atoms with Gasteiger partial charge in [-0.1, -0.05) is 0 Å². The molecule has 0 saturated carbocycles. The molecule has 2 aromatic heterocycles. The zero-order chi connectivity index (χ0) is 10.8. The first-order valence-corrected chi connectivity index (χ1v) is 5.51. The SMILES string of the molecule is c1cnc2ncc(CNC3CCOC3)n2c1. The molecule has 1 aliphatic heterocycles. The van der Waals surface area contributed by atoms with Crippen LogP contribution in [0.3, 0.4) is 0 Å². The minimum atomic E-state index is 0.474. The molecular formula is C11H14N4O. The maximum Gasteiger partial charge on any atom is 0.233 e. The van der Waals surface area contributed by atoms with Gasteiger partial charge < -0.3 is 10.1 Å². The first-order valence-electron chi connectivity index (χ1n) is 5.51. The minimum absolute atomic E-state index is 0.474. The van der Waals surface area contributed by atoms with Crippen LogP contribution in [0.25, 0.3) is 5.78 Å². The zero-order valence-corrected chi connectivity index (χ0v) is 8.97. The molecule has 1 fully saturated rings. The summed E-state index contributed by atoms with van der Waals surface area (Å²) in [5.74, 6) is 0.752. The van der Waals surface area contributed by atoms with Crippen LogP contribution in [0.5, 0.6) is 0 Å². The van der Waals surface area contributed by atoms with Crippen LogP contribution in [0, 0.1) is 0 Å². The van der Waals surface area contributed by atoms with Crippen molar-refractivity contribution in [1.29, 1.82) is 0 Å². The van der Waals surface area contributed by atoms with Gasteiger partial charge in [0.25, 0.3) is 0 Å². The predicted molar refractivity (Wildman–Crippen MR) is 59.1 cm³/mol. The van der Waals surface area contributed by atoms with Gasteiger partial charge in [-0.2, -0.15) is 0 Å². The number of hydrogen-bond donors (Lipinski definition) is 1. The molecule has 3 heterocycles. The average molecular weight is 218 g/mol. The second kappa shape index (κ2) is 4.19. The smallest absolute Gasteiger partial charge is 0.233 e. The van der Waals surface area contributed by atoms with E-state index in [1.807, 2.05) is 22.9 Å². The van der Waals surface area contributed by atoms with Gasteiger partial charge >= 0.3 is 0 Å². The van der Waals surface area contributed by atoms with Crippen molar-refractivity contribution in [1.82, 2.24) is 19.7 Å². The second-order valence-electron chi connectivity index (χ2n) is 3.98. The molecule has 1 atom stereocenters. The molecule has 0 aliphatic carbocycles. The Balaban J connectivity index is 1.73. The number of rotatable bonds is 3. The maximum atomic E-state index is 5.32. The lowest BCUT2D eigenvalue weighted by molar-refractivity contribution is 0.189. The lowest BCUT2D eigenvalue weighted by Crippen LogP contribution is -2.29. The number of nitrogens with zero attached hydrogens (tertiary/aromatic N) is 3. The van der Waals surface area contributed by atoms with E-state index in [1.54, 1.807) is 6.20 Å². The van der Waals surface area contributed by atoms with E-state index >= 15 is 0 Å². The number of ether oxygens (including phenoxy) is 1. The molecule has 3 rings (SSSR count). The summed E-state index contributed by atoms with van der Waals surface area (Å²) in [4.78, 5) is 8.43. The van der Waals surface area contributed by atoms with Crippen LogP contribution in [-0.2, 0) is 11.3 Å². The van der Waals surface area contributed by atoms with Gasteiger partial charge in [-0.15, -0.1) is 0 Å². The highest BCUT2D eigenvalue weighted by Gasteiger charge is 2.15. The summed E-state index contributed by atoms with van der Waals surface area (Å²) in [7, 11) is 0. The molecule has 84 valence electrons. The Bertz CT molecular complexity index is 476. The van der Waals surface area contributed by atoms with Crippen molar-refractivity contribution in [3.63, 3.8) is 0 Å². The minimum Gasteiger partial charge on any atom is -0.380 e. The fraction of sp³-hybridized carbons (Fsp3) is 0.455. The fourth-order valence-corrected chi connectivity index (χ4v) is 1.95. The van der Waals surface area contributed by atoms with Crippen molar-refractivity contribution in [2.45, 2.75) is 19.0 Å². The van der Waals surface area contributed by atoms with Gasteiger partial charge in [0.1, 0.15) is 0 Å². The quantitative estimate of drug-likeness (QED) is 0.820. The van der Waals surface area contributed by atoms with E-state index in [0.29, 0.717) is 6.04 Å². The van der Waals surface area contributed by atoms with Crippen molar-refractivity contribution in [2.24, 2.45) is 0 Å². The molecule has 1 aliphatic rings. The molecule has 5 nitrogen and oxygen atoms in total. The molecule has 0 spiro atoms. The Kier molecular flexibility index (Phi) is 2.55. The molecule has 2 aromatic rings. The van der Waals surface area contributed by atoms with Gasteiger partial charge in [0.05, 0.1) is 18.5 Å². The molecule has 0 aromatic carbocycles. The van der Waals surface area contributed by atoms with Gasteiger partial charge in [-0.05, 0) is 12.5 Å². The number of fused-ring (bicyclic) bond motifs is 1. The highest BCUT2D eigenvalue weighted by molar-refractivity contribution is 5.30. The molecule has 1 unspecified atom stereocenters. The monoisotopic (exact) mass is 218 g/mol. The van der Waals surface area contributed by atoms with Crippen LogP contribution < -0.4 is 5.32 Å². The van der Waals surface area contributed by atoms with Crippen molar-refractivity contribution in [3.8, 4) is 0 Å². The number of hydrogen-bond acceptors (Lipinski definition) is 4. The van der Waals surface area contributed by atoms with Gasteiger partial charge in [0.15, 0.2) is 0 Å². The standard InChI is InChI=1S/C11H14N4O/c1-3-12-11-14-7-10(15(11)4-1)6-13-9-2-5-16-8-9/h1,3-4,7,9,13H,2,5-6,8H2. The topological polar surface area (TPSA) is 51.5 Å². The van der Waals surface area contributed by atoms with Crippen molar-refractivity contribution in [3.05, 3.63) is 30.4 Å². The van der Waals surface area contributed by atoms with E-state index in [1.165, 1.54) is 0 Å². The van der Waals surface area contributed by atoms with E-state index in [4.69, 9.17) is 4.74 Å². The van der Waals surface area contributed by atoms with Crippen molar-refractivity contribution >= 4 is 5.78 Å². The average Bonchev–Trinajstić information content (AvgIpc) is 2.96. The molecule has 0 radical (unpaired) electrons. The highest BCUT2D eigenvalue weighted by Crippen LogP contribution is 2.07. The van der Waals surface area contributed by atoms with Gasteiger partial charge in [-0.25, -0.2) is 9.97 Å². The van der Waals surface area contributed by atoms with Crippen LogP contribution in [0.4, 0.5) is 0 Å². The van der Waals surface area contributed by atoms with Crippen LogP contribution >= 0.6 is 0 Å². The summed E-state index contributed by atoms with van der Waals surface area (Å²) < 4.78 is 7.32. The first-order chi connectivity index (χ1) is 7.93. The molecule has 0 amide bonds. The summed E-state index contributed by atoms with van der Waals surface area (Å²) in [5, 5.41) is 3.46. The fourth-order valence-electron chi connectivity index (χ4n) is 1.95. The second-order valence-corrected chi connectivity index (χ2v) is 3.98. The van der Waals surface area contributed by atoms with Crippen LogP contribution in [0.2, 0.25) is 0 Å². The summed E-state index contributed by atoms with van der Waals surface area (Å²) >= 11 is 0. The van der Waals surface area contributed by atoms with E-state index in [2.05, 4.69) is 15.3 Å². The van der Waals surface area contributed by atoms with Gasteiger partial charge in [0.2, 0.25) is 5.78 Å². The summed E-state index contributed by atoms with van der Waals surface area (Å²) in [6, 6.07) is 2.39. The van der Waals surface area contributed by atoms with Gasteiger partial charge in [-0.3, -0.25) is 4.40 Å². The van der Waals surface area contributed by atoms with Gasteiger partial charge in [0, 0.05) is 31.6 Å². The van der Waals surface area contributed by atoms with E-state index < -0.39 is 0 Å². The van der Waals surface area contributed by atoms with E-state index in [-0.39, 0.29) is 0 Å². The Hall–Kier alpha value is -1.46. The molecular weight excluding hydrogens is 204 g/mol. The number of imidazole rings is 1. The third kappa shape index (κ3) is 1.79. The lowest BCUT2D eigenvalue weighted by Gasteiger charge is -2.09. The van der Waals surface area contributed by atoms with Crippen LogP contribution in [0.15, 0.2) is 24.7 Å². The van der Waals surface area contributed by atoms with E-state index in [9.17, 15) is 0 Å². The molecule has 16 heavy (non-hydrogen) atoms. The number of aromatic nitrogens is 3. The zero-order valence-electron chi connectivity index (χ0n) is 8.97. The highest BCUT2D eigenvalue weighted by atomic mass is 16.5. The Morgan fingerprint density at radius 2 is 2.50 bits per heavy atom. The third-order valence-corrected chi connectivity index (χ3v) is 2.87. The first kappa shape index (κ1) is 9.74. The molecule has 1 saturated heterocycles. The van der Waals surface area contributed by atoms with Crippen molar-refractivity contribution in [2.75, 3.05) is 13.2 Å². The summed E-state index contributed by atoms with van der Waals surface area (Å²) in [6.45, 7) is 2.49. The largest absolute Gasteiger partial charge is 0.380 e. The molecule has 1 N–H and O–H groups in total. The Morgan fingerprint density at radius 3 is 3.38 bits per heavy atom. The maximum absolute atomic E-state index is 5.32. The van der Waals surface area contributed by atoms with Crippen LogP contribution in [-0.4, -0.2) is 33.6 Å².